The molecule has 0 aromatic heterocycles. The SMILES string of the molecule is CN1C(=O)C(O)(C(F)(F)Sc2ccccc2)c2ccccc21. The van der Waals surface area contributed by atoms with E-state index in [2.05, 4.69) is 0 Å². The van der Waals surface area contributed by atoms with Crippen molar-refractivity contribution in [3.8, 4) is 0 Å². The lowest BCUT2D eigenvalue weighted by Crippen LogP contribution is -2.50. The first kappa shape index (κ1) is 15.0. The van der Waals surface area contributed by atoms with Gasteiger partial charge in [0.15, 0.2) is 0 Å². The maximum Gasteiger partial charge on any atom is 0.339 e. The van der Waals surface area contributed by atoms with Gasteiger partial charge in [0.2, 0.25) is 5.60 Å². The number of hydrogen-bond donors (Lipinski definition) is 1. The van der Waals surface area contributed by atoms with Crippen LogP contribution >= 0.6 is 11.8 Å². The molecule has 2 aromatic rings. The van der Waals surface area contributed by atoms with Crippen LogP contribution in [-0.4, -0.2) is 23.3 Å². The number of rotatable bonds is 3. The Morgan fingerprint density at radius 3 is 2.36 bits per heavy atom. The molecule has 22 heavy (non-hydrogen) atoms. The molecule has 0 saturated heterocycles. The van der Waals surface area contributed by atoms with Crippen molar-refractivity contribution in [2.45, 2.75) is 15.8 Å². The fourth-order valence-corrected chi connectivity index (χ4v) is 3.47. The average Bonchev–Trinajstić information content (AvgIpc) is 2.72. The number of benzene rings is 2. The van der Waals surface area contributed by atoms with Gasteiger partial charge in [-0.3, -0.25) is 4.79 Å². The van der Waals surface area contributed by atoms with Crippen molar-refractivity contribution >= 4 is 23.4 Å². The van der Waals surface area contributed by atoms with Crippen molar-refractivity contribution in [1.82, 2.24) is 0 Å². The van der Waals surface area contributed by atoms with Crippen molar-refractivity contribution in [3.05, 3.63) is 60.2 Å². The number of hydrogen-bond acceptors (Lipinski definition) is 3. The van der Waals surface area contributed by atoms with Crippen LogP contribution in [0.1, 0.15) is 5.56 Å². The maximum atomic E-state index is 14.8. The van der Waals surface area contributed by atoms with E-state index in [1.165, 1.54) is 37.4 Å². The Hall–Kier alpha value is -1.92. The van der Waals surface area contributed by atoms with Crippen LogP contribution in [0.4, 0.5) is 14.5 Å². The number of amides is 1. The summed E-state index contributed by atoms with van der Waals surface area (Å²) < 4.78 is 29.5. The number of aliphatic hydroxyl groups is 1. The molecule has 0 saturated carbocycles. The fourth-order valence-electron chi connectivity index (χ4n) is 2.53. The van der Waals surface area contributed by atoms with Gasteiger partial charge in [-0.25, -0.2) is 0 Å². The topological polar surface area (TPSA) is 40.5 Å². The largest absolute Gasteiger partial charge is 0.370 e. The van der Waals surface area contributed by atoms with Crippen LogP contribution < -0.4 is 4.90 Å². The number of likely N-dealkylation sites (N-methyl/N-ethyl adjacent to an activating group) is 1. The lowest BCUT2D eigenvalue weighted by atomic mass is 9.96. The van der Waals surface area contributed by atoms with E-state index < -0.39 is 16.8 Å². The van der Waals surface area contributed by atoms with Gasteiger partial charge in [0.1, 0.15) is 0 Å². The first-order valence-electron chi connectivity index (χ1n) is 6.60. The molecule has 1 aliphatic rings. The van der Waals surface area contributed by atoms with Gasteiger partial charge >= 0.3 is 5.25 Å². The van der Waals surface area contributed by atoms with Crippen LogP contribution in [0.2, 0.25) is 0 Å². The molecule has 0 spiro atoms. The number of anilines is 1. The van der Waals surface area contributed by atoms with Gasteiger partial charge in [-0.15, -0.1) is 0 Å². The molecule has 1 N–H and O–H groups in total. The lowest BCUT2D eigenvalue weighted by molar-refractivity contribution is -0.161. The maximum absolute atomic E-state index is 14.8. The number of carbonyl (C=O) groups excluding carboxylic acids is 1. The summed E-state index contributed by atoms with van der Waals surface area (Å²) in [5, 5.41) is 6.91. The zero-order chi connectivity index (χ0) is 16.0. The molecule has 114 valence electrons. The van der Waals surface area contributed by atoms with E-state index in [-0.39, 0.29) is 22.2 Å². The standard InChI is InChI=1S/C16H13F2NO2S/c1-19-13-10-6-5-9-12(13)15(21,14(19)20)16(17,18)22-11-7-3-2-4-8-11/h2-10,21H,1H3. The summed E-state index contributed by atoms with van der Waals surface area (Å²) in [6.45, 7) is 0. The summed E-state index contributed by atoms with van der Waals surface area (Å²) >= 11 is 0.181. The molecule has 3 rings (SSSR count). The third-order valence-corrected chi connectivity index (χ3v) is 4.74. The molecule has 6 heteroatoms. The number of halogens is 2. The molecule has 1 heterocycles. The molecule has 0 bridgehead atoms. The summed E-state index contributed by atoms with van der Waals surface area (Å²) in [5.41, 5.74) is -2.65. The lowest BCUT2D eigenvalue weighted by Gasteiger charge is -2.30. The van der Waals surface area contributed by atoms with Gasteiger partial charge in [-0.05, 0) is 30.0 Å². The van der Waals surface area contributed by atoms with Crippen molar-refractivity contribution in [1.29, 1.82) is 0 Å². The summed E-state index contributed by atoms with van der Waals surface area (Å²) in [6, 6.07) is 14.0. The van der Waals surface area contributed by atoms with Crippen molar-refractivity contribution in [3.63, 3.8) is 0 Å². The highest BCUT2D eigenvalue weighted by atomic mass is 32.2. The van der Waals surface area contributed by atoms with Crippen LogP contribution in [0.15, 0.2) is 59.5 Å². The van der Waals surface area contributed by atoms with Crippen LogP contribution in [-0.2, 0) is 10.4 Å². The molecule has 1 aliphatic heterocycles. The van der Waals surface area contributed by atoms with Gasteiger partial charge in [0.25, 0.3) is 5.91 Å². The predicted octanol–water partition coefficient (Wildman–Crippen LogP) is 3.24. The van der Waals surface area contributed by atoms with Gasteiger partial charge < -0.3 is 10.0 Å². The molecule has 1 unspecified atom stereocenters. The molecule has 0 fully saturated rings. The predicted molar refractivity (Wildman–Crippen MR) is 81.0 cm³/mol. The molecule has 1 atom stereocenters. The average molecular weight is 321 g/mol. The minimum Gasteiger partial charge on any atom is -0.370 e. The molecular weight excluding hydrogens is 308 g/mol. The number of fused-ring (bicyclic) bond motifs is 1. The van der Waals surface area contributed by atoms with Gasteiger partial charge in [0, 0.05) is 17.5 Å². The number of thioether (sulfide) groups is 1. The molecule has 3 nitrogen and oxygen atoms in total. The summed E-state index contributed by atoms with van der Waals surface area (Å²) in [7, 11) is 1.38. The minimum atomic E-state index is -3.70. The number of nitrogens with zero attached hydrogens (tertiary/aromatic N) is 1. The summed E-state index contributed by atoms with van der Waals surface area (Å²) in [6.07, 6.45) is 0. The molecule has 2 aromatic carbocycles. The van der Waals surface area contributed by atoms with E-state index in [4.69, 9.17) is 0 Å². The van der Waals surface area contributed by atoms with Crippen LogP contribution in [0, 0.1) is 0 Å². The first-order chi connectivity index (χ1) is 10.4. The quantitative estimate of drug-likeness (QED) is 0.882. The number of para-hydroxylation sites is 1. The van der Waals surface area contributed by atoms with Crippen molar-refractivity contribution in [2.75, 3.05) is 11.9 Å². The zero-order valence-corrected chi connectivity index (χ0v) is 12.5. The van der Waals surface area contributed by atoms with Gasteiger partial charge in [-0.1, -0.05) is 36.4 Å². The van der Waals surface area contributed by atoms with E-state index in [0.29, 0.717) is 5.69 Å². The Balaban J connectivity index is 2.07. The van der Waals surface area contributed by atoms with Crippen LogP contribution in [0.25, 0.3) is 0 Å². The van der Waals surface area contributed by atoms with Crippen LogP contribution in [0.3, 0.4) is 0 Å². The third-order valence-electron chi connectivity index (χ3n) is 3.68. The van der Waals surface area contributed by atoms with E-state index in [1.807, 2.05) is 0 Å². The Labute approximate surface area is 130 Å². The smallest absolute Gasteiger partial charge is 0.339 e. The highest BCUT2D eigenvalue weighted by molar-refractivity contribution is 8.00. The van der Waals surface area contributed by atoms with E-state index in [1.54, 1.807) is 24.3 Å². The first-order valence-corrected chi connectivity index (χ1v) is 7.41. The van der Waals surface area contributed by atoms with Crippen molar-refractivity contribution in [2.24, 2.45) is 0 Å². The Kier molecular flexibility index (Phi) is 3.45. The normalized spacial score (nSPS) is 21.1. The highest BCUT2D eigenvalue weighted by Gasteiger charge is 2.65. The Morgan fingerprint density at radius 1 is 1.09 bits per heavy atom. The second-order valence-corrected chi connectivity index (χ2v) is 6.21. The van der Waals surface area contributed by atoms with E-state index in [0.717, 1.165) is 4.90 Å². The Bertz CT molecular complexity index is 723. The third kappa shape index (κ3) is 2.02. The summed E-state index contributed by atoms with van der Waals surface area (Å²) in [4.78, 5) is 13.6. The van der Waals surface area contributed by atoms with Gasteiger partial charge in [-0.2, -0.15) is 8.78 Å². The molecule has 1 amide bonds. The molecule has 0 aliphatic carbocycles. The fraction of sp³-hybridized carbons (Fsp3) is 0.188. The second kappa shape index (κ2) is 5.07. The summed E-state index contributed by atoms with van der Waals surface area (Å²) in [5.74, 6) is -1.03. The van der Waals surface area contributed by atoms with Crippen LogP contribution in [0.5, 0.6) is 0 Å². The van der Waals surface area contributed by atoms with E-state index >= 15 is 0 Å². The number of alkyl halides is 2. The molecule has 0 radical (unpaired) electrons. The minimum absolute atomic E-state index is 0.0732. The van der Waals surface area contributed by atoms with Gasteiger partial charge in [0.05, 0.1) is 5.69 Å². The van der Waals surface area contributed by atoms with Crippen molar-refractivity contribution < 1.29 is 18.7 Å². The number of carbonyl (C=O) groups is 1. The highest BCUT2D eigenvalue weighted by Crippen LogP contribution is 2.54. The Morgan fingerprint density at radius 2 is 1.68 bits per heavy atom. The monoisotopic (exact) mass is 321 g/mol. The van der Waals surface area contributed by atoms with E-state index in [9.17, 15) is 18.7 Å². The zero-order valence-electron chi connectivity index (χ0n) is 11.7. The second-order valence-electron chi connectivity index (χ2n) is 5.02. The molecular formula is C16H13F2NO2S.